The first kappa shape index (κ1) is 18.9. The largest absolute Gasteiger partial charge is 0.416 e. The summed E-state index contributed by atoms with van der Waals surface area (Å²) in [6, 6.07) is 11.9. The number of alkyl halides is 3. The van der Waals surface area contributed by atoms with Crippen LogP contribution in [0.1, 0.15) is 29.7 Å². The maximum absolute atomic E-state index is 12.8. The highest BCUT2D eigenvalue weighted by atomic mass is 19.4. The van der Waals surface area contributed by atoms with Gasteiger partial charge in [-0.3, -0.25) is 9.69 Å². The number of aliphatic hydroxyl groups excluding tert-OH is 1. The van der Waals surface area contributed by atoms with Crippen LogP contribution >= 0.6 is 0 Å². The number of hydrogen-bond acceptors (Lipinski definition) is 3. The third-order valence-corrected chi connectivity index (χ3v) is 4.60. The zero-order valence-electron chi connectivity index (χ0n) is 14.3. The number of imide groups is 1. The molecule has 0 aliphatic carbocycles. The summed E-state index contributed by atoms with van der Waals surface area (Å²) >= 11 is 0. The van der Waals surface area contributed by atoms with Gasteiger partial charge >= 0.3 is 12.2 Å². The Bertz CT molecular complexity index is 853. The highest BCUT2D eigenvalue weighted by molar-refractivity contribution is 6.07. The SMILES string of the molecule is CC1(c2ccc(C(F)(F)F)cc2)NC(=O)N(CC(O)c2ccccc2)C1=O. The smallest absolute Gasteiger partial charge is 0.387 e. The molecule has 0 aromatic heterocycles. The zero-order valence-corrected chi connectivity index (χ0v) is 14.3. The number of aliphatic hydroxyl groups is 1. The van der Waals surface area contributed by atoms with Crippen LogP contribution in [0, 0.1) is 0 Å². The van der Waals surface area contributed by atoms with Gasteiger partial charge in [0.25, 0.3) is 5.91 Å². The van der Waals surface area contributed by atoms with Gasteiger partial charge in [-0.1, -0.05) is 42.5 Å². The average Bonchev–Trinajstić information content (AvgIpc) is 2.86. The first-order chi connectivity index (χ1) is 12.6. The van der Waals surface area contributed by atoms with E-state index < -0.39 is 35.3 Å². The number of hydrogen-bond donors (Lipinski definition) is 2. The maximum Gasteiger partial charge on any atom is 0.416 e. The Hall–Kier alpha value is -2.87. The van der Waals surface area contributed by atoms with Gasteiger partial charge in [0.05, 0.1) is 18.2 Å². The molecule has 0 radical (unpaired) electrons. The third kappa shape index (κ3) is 3.52. The average molecular weight is 378 g/mol. The number of nitrogens with one attached hydrogen (secondary N) is 1. The molecule has 1 heterocycles. The lowest BCUT2D eigenvalue weighted by Gasteiger charge is -2.23. The molecule has 2 atom stereocenters. The summed E-state index contributed by atoms with van der Waals surface area (Å²) in [7, 11) is 0. The van der Waals surface area contributed by atoms with Crippen molar-refractivity contribution in [3.63, 3.8) is 0 Å². The topological polar surface area (TPSA) is 69.6 Å². The van der Waals surface area contributed by atoms with Crippen molar-refractivity contribution in [2.75, 3.05) is 6.54 Å². The molecule has 1 fully saturated rings. The lowest BCUT2D eigenvalue weighted by Crippen LogP contribution is -2.41. The minimum atomic E-state index is -4.49. The molecule has 0 saturated carbocycles. The Balaban J connectivity index is 1.82. The van der Waals surface area contributed by atoms with Crippen LogP contribution in [0.5, 0.6) is 0 Å². The van der Waals surface area contributed by atoms with E-state index in [1.54, 1.807) is 30.3 Å². The fraction of sp³-hybridized carbons (Fsp3) is 0.263. The lowest BCUT2D eigenvalue weighted by molar-refractivity contribution is -0.137. The lowest BCUT2D eigenvalue weighted by atomic mass is 9.91. The molecule has 142 valence electrons. The summed E-state index contributed by atoms with van der Waals surface area (Å²) in [5.74, 6) is -0.637. The summed E-state index contributed by atoms with van der Waals surface area (Å²) in [6.45, 7) is 1.16. The second-order valence-electron chi connectivity index (χ2n) is 6.47. The fourth-order valence-corrected chi connectivity index (χ4v) is 3.00. The van der Waals surface area contributed by atoms with Gasteiger partial charge in [0.2, 0.25) is 0 Å². The third-order valence-electron chi connectivity index (χ3n) is 4.60. The van der Waals surface area contributed by atoms with Crippen LogP contribution in [0.4, 0.5) is 18.0 Å². The van der Waals surface area contributed by atoms with Gasteiger partial charge in [0.15, 0.2) is 0 Å². The quantitative estimate of drug-likeness (QED) is 0.803. The van der Waals surface area contributed by atoms with E-state index in [0.717, 1.165) is 29.2 Å². The van der Waals surface area contributed by atoms with Crippen molar-refractivity contribution in [3.05, 3.63) is 71.3 Å². The number of amides is 3. The van der Waals surface area contributed by atoms with Crippen LogP contribution < -0.4 is 5.32 Å². The number of carbonyl (C=O) groups is 2. The number of carbonyl (C=O) groups excluding carboxylic acids is 2. The minimum absolute atomic E-state index is 0.227. The summed E-state index contributed by atoms with van der Waals surface area (Å²) in [6.07, 6.45) is -5.57. The molecule has 1 saturated heterocycles. The van der Waals surface area contributed by atoms with E-state index in [-0.39, 0.29) is 12.1 Å². The van der Waals surface area contributed by atoms with Gasteiger partial charge in [-0.2, -0.15) is 13.2 Å². The Kier molecular flexibility index (Phi) is 4.69. The van der Waals surface area contributed by atoms with Crippen LogP contribution in [0.3, 0.4) is 0 Å². The Morgan fingerprint density at radius 3 is 2.22 bits per heavy atom. The Morgan fingerprint density at radius 2 is 1.67 bits per heavy atom. The molecular weight excluding hydrogens is 361 g/mol. The highest BCUT2D eigenvalue weighted by Gasteiger charge is 2.49. The van der Waals surface area contributed by atoms with Crippen molar-refractivity contribution in [2.24, 2.45) is 0 Å². The fourth-order valence-electron chi connectivity index (χ4n) is 3.00. The van der Waals surface area contributed by atoms with E-state index in [4.69, 9.17) is 0 Å². The van der Waals surface area contributed by atoms with Crippen molar-refractivity contribution >= 4 is 11.9 Å². The number of rotatable bonds is 4. The van der Waals surface area contributed by atoms with E-state index >= 15 is 0 Å². The Labute approximate surface area is 153 Å². The number of nitrogens with zero attached hydrogens (tertiary/aromatic N) is 1. The first-order valence-electron chi connectivity index (χ1n) is 8.18. The van der Waals surface area contributed by atoms with Gasteiger partial charge in [-0.05, 0) is 30.2 Å². The molecule has 27 heavy (non-hydrogen) atoms. The second-order valence-corrected chi connectivity index (χ2v) is 6.47. The van der Waals surface area contributed by atoms with Gasteiger partial charge in [-0.15, -0.1) is 0 Å². The van der Waals surface area contributed by atoms with Gasteiger partial charge in [0.1, 0.15) is 5.54 Å². The van der Waals surface area contributed by atoms with E-state index in [9.17, 15) is 27.9 Å². The van der Waals surface area contributed by atoms with Gasteiger partial charge in [-0.25, -0.2) is 4.79 Å². The molecule has 2 aromatic carbocycles. The second kappa shape index (κ2) is 6.70. The molecule has 2 aromatic rings. The monoisotopic (exact) mass is 378 g/mol. The summed E-state index contributed by atoms with van der Waals surface area (Å²) in [5, 5.41) is 12.8. The normalized spacial score (nSPS) is 21.3. The number of benzene rings is 2. The van der Waals surface area contributed by atoms with Gasteiger partial charge < -0.3 is 10.4 Å². The number of β-amino-alcohol motifs (C(OH)–C–C–N with tert-alkyl or cyclic N) is 1. The molecule has 0 spiro atoms. The van der Waals surface area contributed by atoms with Crippen molar-refractivity contribution in [2.45, 2.75) is 24.7 Å². The summed E-state index contributed by atoms with van der Waals surface area (Å²) in [5.41, 5.74) is -1.58. The molecule has 3 rings (SSSR count). The molecule has 8 heteroatoms. The molecule has 3 amide bonds. The zero-order chi connectivity index (χ0) is 19.8. The minimum Gasteiger partial charge on any atom is -0.387 e. The Morgan fingerprint density at radius 1 is 1.07 bits per heavy atom. The molecule has 2 unspecified atom stereocenters. The predicted octanol–water partition coefficient (Wildman–Crippen LogP) is 3.21. The molecular formula is C19H17F3N2O3. The van der Waals surface area contributed by atoms with Crippen LogP contribution in [-0.4, -0.2) is 28.5 Å². The molecule has 1 aliphatic heterocycles. The van der Waals surface area contributed by atoms with Crippen molar-refractivity contribution in [1.82, 2.24) is 10.2 Å². The van der Waals surface area contributed by atoms with E-state index in [2.05, 4.69) is 5.32 Å². The first-order valence-corrected chi connectivity index (χ1v) is 8.18. The van der Waals surface area contributed by atoms with Crippen molar-refractivity contribution < 1.29 is 27.9 Å². The highest BCUT2D eigenvalue weighted by Crippen LogP contribution is 2.33. The summed E-state index contributed by atoms with van der Waals surface area (Å²) in [4.78, 5) is 25.9. The number of urea groups is 1. The molecule has 1 aliphatic rings. The van der Waals surface area contributed by atoms with Crippen LogP contribution in [0.15, 0.2) is 54.6 Å². The maximum atomic E-state index is 12.8. The van der Waals surface area contributed by atoms with Crippen LogP contribution in [-0.2, 0) is 16.5 Å². The van der Waals surface area contributed by atoms with Crippen molar-refractivity contribution in [1.29, 1.82) is 0 Å². The van der Waals surface area contributed by atoms with Crippen molar-refractivity contribution in [3.8, 4) is 0 Å². The summed E-state index contributed by atoms with van der Waals surface area (Å²) < 4.78 is 38.2. The number of halogens is 3. The molecule has 2 N–H and O–H groups in total. The molecule has 0 bridgehead atoms. The van der Waals surface area contributed by atoms with Crippen LogP contribution in [0.25, 0.3) is 0 Å². The van der Waals surface area contributed by atoms with E-state index in [1.165, 1.54) is 6.92 Å². The van der Waals surface area contributed by atoms with E-state index in [1.807, 2.05) is 0 Å². The molecule has 5 nitrogen and oxygen atoms in total. The standard InChI is InChI=1S/C19H17F3N2O3/c1-18(13-7-9-14(10-8-13)19(20,21)22)16(26)24(17(27)23-18)11-15(25)12-5-3-2-4-6-12/h2-10,15,25H,11H2,1H3,(H,23,27). The van der Waals surface area contributed by atoms with Crippen LogP contribution in [0.2, 0.25) is 0 Å². The van der Waals surface area contributed by atoms with E-state index in [0.29, 0.717) is 5.56 Å². The predicted molar refractivity (Wildman–Crippen MR) is 90.4 cm³/mol. The van der Waals surface area contributed by atoms with Gasteiger partial charge in [0, 0.05) is 0 Å².